The number of halogens is 4. The molecule has 2 aromatic carbocycles. The van der Waals surface area contributed by atoms with Gasteiger partial charge in [-0.3, -0.25) is 9.59 Å². The average molecular weight is 419 g/mol. The highest BCUT2D eigenvalue weighted by atomic mass is 19.4. The number of benzene rings is 2. The van der Waals surface area contributed by atoms with Crippen molar-refractivity contribution in [1.82, 2.24) is 4.98 Å². The monoisotopic (exact) mass is 419 g/mol. The maximum Gasteiger partial charge on any atom is 0.418 e. The number of H-pyrrole nitrogens is 1. The van der Waals surface area contributed by atoms with Crippen LogP contribution >= 0.6 is 0 Å². The molecule has 1 aliphatic heterocycles. The van der Waals surface area contributed by atoms with Crippen molar-refractivity contribution in [3.63, 3.8) is 0 Å². The van der Waals surface area contributed by atoms with E-state index in [4.69, 9.17) is 0 Å². The van der Waals surface area contributed by atoms with Crippen molar-refractivity contribution in [2.24, 2.45) is 0 Å². The molecule has 2 heterocycles. The number of nitrogens with one attached hydrogen (secondary N) is 2. The predicted molar refractivity (Wildman–Crippen MR) is 105 cm³/mol. The Morgan fingerprint density at radius 1 is 1.07 bits per heavy atom. The standard InChI is InChI=1S/C21H17F4N3O2/c22-12-3-5-17-14(9-12)19(29)15(11-26-17)20(30)27-18-6-4-13(28-7-1-2-8-28)10-16(18)21(23,24)25/h3-6,9-11H,1-2,7-8H2,(H,26,29)(H,27,30). The molecule has 1 aromatic heterocycles. The molecule has 0 aliphatic carbocycles. The summed E-state index contributed by atoms with van der Waals surface area (Å²) in [5, 5.41) is 2.11. The summed E-state index contributed by atoms with van der Waals surface area (Å²) in [7, 11) is 0. The Labute approximate surface area is 168 Å². The molecule has 0 spiro atoms. The first-order chi connectivity index (χ1) is 14.2. The zero-order valence-corrected chi connectivity index (χ0v) is 15.6. The van der Waals surface area contributed by atoms with Gasteiger partial charge < -0.3 is 15.2 Å². The van der Waals surface area contributed by atoms with Crippen LogP contribution in [-0.2, 0) is 6.18 Å². The lowest BCUT2D eigenvalue weighted by atomic mass is 10.1. The molecule has 9 heteroatoms. The molecule has 3 aromatic rings. The SMILES string of the molecule is O=C(Nc1ccc(N2CCCC2)cc1C(F)(F)F)c1c[nH]c2ccc(F)cc2c1=O. The van der Waals surface area contributed by atoms with E-state index in [1.165, 1.54) is 18.2 Å². The second-order valence-electron chi connectivity index (χ2n) is 7.10. The van der Waals surface area contributed by atoms with Gasteiger partial charge in [-0.15, -0.1) is 0 Å². The number of anilines is 2. The third-order valence-electron chi connectivity index (χ3n) is 5.12. The molecule has 0 radical (unpaired) electrons. The lowest BCUT2D eigenvalue weighted by molar-refractivity contribution is -0.136. The van der Waals surface area contributed by atoms with Crippen molar-refractivity contribution < 1.29 is 22.4 Å². The minimum Gasteiger partial charge on any atom is -0.372 e. The normalized spacial score (nSPS) is 14.3. The molecule has 30 heavy (non-hydrogen) atoms. The Bertz CT molecular complexity index is 1180. The molecule has 1 fully saturated rings. The van der Waals surface area contributed by atoms with Crippen molar-refractivity contribution in [2.45, 2.75) is 19.0 Å². The Morgan fingerprint density at radius 3 is 2.50 bits per heavy atom. The Balaban J connectivity index is 1.70. The number of hydrogen-bond acceptors (Lipinski definition) is 3. The molecule has 4 rings (SSSR count). The van der Waals surface area contributed by atoms with E-state index in [9.17, 15) is 27.2 Å². The second-order valence-corrected chi connectivity index (χ2v) is 7.10. The molecule has 5 nitrogen and oxygen atoms in total. The number of nitrogens with zero attached hydrogens (tertiary/aromatic N) is 1. The van der Waals surface area contributed by atoms with Crippen LogP contribution in [0.15, 0.2) is 47.4 Å². The van der Waals surface area contributed by atoms with E-state index in [0.29, 0.717) is 24.3 Å². The lowest BCUT2D eigenvalue weighted by Gasteiger charge is -2.21. The fraction of sp³-hybridized carbons (Fsp3) is 0.238. The average Bonchev–Trinajstić information content (AvgIpc) is 3.23. The number of rotatable bonds is 3. The van der Waals surface area contributed by atoms with Gasteiger partial charge >= 0.3 is 6.18 Å². The number of fused-ring (bicyclic) bond motifs is 1. The Hall–Kier alpha value is -3.36. The van der Waals surface area contributed by atoms with Gasteiger partial charge in [0.05, 0.1) is 11.3 Å². The largest absolute Gasteiger partial charge is 0.418 e. The summed E-state index contributed by atoms with van der Waals surface area (Å²) in [6, 6.07) is 7.15. The number of carbonyl (C=O) groups is 1. The van der Waals surface area contributed by atoms with E-state index in [2.05, 4.69) is 10.3 Å². The first-order valence-corrected chi connectivity index (χ1v) is 9.32. The van der Waals surface area contributed by atoms with E-state index < -0.39 is 40.1 Å². The predicted octanol–water partition coefficient (Wildman–Crippen LogP) is 4.54. The number of pyridine rings is 1. The van der Waals surface area contributed by atoms with Crippen molar-refractivity contribution in [3.05, 3.63) is 69.8 Å². The number of hydrogen-bond donors (Lipinski definition) is 2. The summed E-state index contributed by atoms with van der Waals surface area (Å²) in [6.07, 6.45) is -1.78. The van der Waals surface area contributed by atoms with Gasteiger partial charge in [0.2, 0.25) is 5.43 Å². The summed E-state index contributed by atoms with van der Waals surface area (Å²) >= 11 is 0. The van der Waals surface area contributed by atoms with Gasteiger partial charge in [0, 0.05) is 35.9 Å². The van der Waals surface area contributed by atoms with Gasteiger partial charge in [-0.05, 0) is 49.2 Å². The van der Waals surface area contributed by atoms with Crippen LogP contribution in [0.1, 0.15) is 28.8 Å². The summed E-state index contributed by atoms with van der Waals surface area (Å²) in [4.78, 5) is 29.7. The number of alkyl halides is 3. The number of aromatic amines is 1. The summed E-state index contributed by atoms with van der Waals surface area (Å²) in [5.74, 6) is -1.68. The first kappa shape index (κ1) is 19.9. The molecule has 1 saturated heterocycles. The molecular formula is C21H17F4N3O2. The number of carbonyl (C=O) groups excluding carboxylic acids is 1. The summed E-state index contributed by atoms with van der Waals surface area (Å²) < 4.78 is 54.3. The van der Waals surface area contributed by atoms with Crippen LogP contribution in [0.25, 0.3) is 10.9 Å². The van der Waals surface area contributed by atoms with Crippen LogP contribution < -0.4 is 15.6 Å². The molecule has 0 saturated carbocycles. The van der Waals surface area contributed by atoms with Crippen LogP contribution in [0.4, 0.5) is 28.9 Å². The highest BCUT2D eigenvalue weighted by Crippen LogP contribution is 2.38. The Kier molecular flexibility index (Phi) is 4.97. The molecule has 0 atom stereocenters. The van der Waals surface area contributed by atoms with E-state index in [1.807, 2.05) is 4.90 Å². The fourth-order valence-electron chi connectivity index (χ4n) is 3.60. The second kappa shape index (κ2) is 7.47. The maximum absolute atomic E-state index is 13.6. The van der Waals surface area contributed by atoms with E-state index in [0.717, 1.165) is 37.2 Å². The smallest absolute Gasteiger partial charge is 0.372 e. The van der Waals surface area contributed by atoms with E-state index >= 15 is 0 Å². The van der Waals surface area contributed by atoms with Crippen molar-refractivity contribution in [2.75, 3.05) is 23.3 Å². The minimum absolute atomic E-state index is 0.0666. The highest BCUT2D eigenvalue weighted by molar-refractivity contribution is 6.06. The topological polar surface area (TPSA) is 65.2 Å². The van der Waals surface area contributed by atoms with Crippen LogP contribution in [0.2, 0.25) is 0 Å². The van der Waals surface area contributed by atoms with Crippen LogP contribution in [0.5, 0.6) is 0 Å². The third kappa shape index (κ3) is 3.74. The molecule has 156 valence electrons. The minimum atomic E-state index is -4.70. The third-order valence-corrected chi connectivity index (χ3v) is 5.12. The summed E-state index contributed by atoms with van der Waals surface area (Å²) in [6.45, 7) is 1.35. The quantitative estimate of drug-likeness (QED) is 0.613. The van der Waals surface area contributed by atoms with Crippen LogP contribution in [0.3, 0.4) is 0 Å². The van der Waals surface area contributed by atoms with Gasteiger partial charge in [-0.25, -0.2) is 4.39 Å². The molecule has 1 amide bonds. The zero-order valence-electron chi connectivity index (χ0n) is 15.6. The van der Waals surface area contributed by atoms with E-state index in [1.54, 1.807) is 0 Å². The number of amides is 1. The molecule has 1 aliphatic rings. The first-order valence-electron chi connectivity index (χ1n) is 9.32. The van der Waals surface area contributed by atoms with Gasteiger partial charge in [0.15, 0.2) is 0 Å². The Morgan fingerprint density at radius 2 is 1.80 bits per heavy atom. The van der Waals surface area contributed by atoms with Crippen LogP contribution in [0, 0.1) is 5.82 Å². The molecular weight excluding hydrogens is 402 g/mol. The van der Waals surface area contributed by atoms with Gasteiger partial charge in [0.25, 0.3) is 5.91 Å². The maximum atomic E-state index is 13.6. The number of aromatic nitrogens is 1. The fourth-order valence-corrected chi connectivity index (χ4v) is 3.60. The van der Waals surface area contributed by atoms with Gasteiger partial charge in [-0.2, -0.15) is 13.2 Å². The summed E-state index contributed by atoms with van der Waals surface area (Å²) in [5.41, 5.74) is -1.90. The molecule has 0 bridgehead atoms. The van der Waals surface area contributed by atoms with Crippen molar-refractivity contribution >= 4 is 28.2 Å². The highest BCUT2D eigenvalue weighted by Gasteiger charge is 2.35. The van der Waals surface area contributed by atoms with Gasteiger partial charge in [0.1, 0.15) is 11.4 Å². The van der Waals surface area contributed by atoms with Crippen molar-refractivity contribution in [1.29, 1.82) is 0 Å². The molecule has 0 unspecified atom stereocenters. The zero-order chi connectivity index (χ0) is 21.5. The van der Waals surface area contributed by atoms with Crippen LogP contribution in [-0.4, -0.2) is 24.0 Å². The van der Waals surface area contributed by atoms with E-state index in [-0.39, 0.29) is 5.39 Å². The van der Waals surface area contributed by atoms with Gasteiger partial charge in [-0.1, -0.05) is 0 Å². The molecule has 2 N–H and O–H groups in total. The lowest BCUT2D eigenvalue weighted by Crippen LogP contribution is -2.24. The van der Waals surface area contributed by atoms with Crippen molar-refractivity contribution in [3.8, 4) is 0 Å².